The van der Waals surface area contributed by atoms with Crippen LogP contribution in [0.2, 0.25) is 5.02 Å². The van der Waals surface area contributed by atoms with E-state index in [-0.39, 0.29) is 16.6 Å². The van der Waals surface area contributed by atoms with Crippen molar-refractivity contribution in [2.45, 2.75) is 26.2 Å². The van der Waals surface area contributed by atoms with E-state index in [0.717, 1.165) is 45.4 Å². The molecule has 1 saturated heterocycles. The number of unbranched alkanes of at least 4 members (excludes halogenated alkanes) is 2. The van der Waals surface area contributed by atoms with Gasteiger partial charge in [0.25, 0.3) is 5.56 Å². The number of hydrogen-bond donors (Lipinski definition) is 1. The molecular formula is C21H27ClN4O4. The second-order valence-corrected chi connectivity index (χ2v) is 7.39. The lowest BCUT2D eigenvalue weighted by Gasteiger charge is -2.29. The lowest BCUT2D eigenvalue weighted by atomic mass is 10.2. The molecule has 3 rings (SSSR count). The summed E-state index contributed by atoms with van der Waals surface area (Å²) in [6, 6.07) is 7.26. The minimum Gasteiger partial charge on any atom is -0.491 e. The number of carbonyl (C=O) groups is 1. The van der Waals surface area contributed by atoms with Crippen molar-refractivity contribution in [2.24, 2.45) is 0 Å². The van der Waals surface area contributed by atoms with Crippen LogP contribution in [0, 0.1) is 0 Å². The highest BCUT2D eigenvalue weighted by Gasteiger charge is 2.19. The van der Waals surface area contributed by atoms with Crippen molar-refractivity contribution in [1.82, 2.24) is 15.1 Å². The Morgan fingerprint density at radius 1 is 1.13 bits per heavy atom. The molecule has 1 aliphatic heterocycles. The molecule has 0 saturated carbocycles. The minimum absolute atomic E-state index is 0.159. The molecule has 30 heavy (non-hydrogen) atoms. The molecule has 1 N–H and O–H groups in total. The fourth-order valence-corrected chi connectivity index (χ4v) is 3.50. The normalized spacial score (nSPS) is 13.9. The number of esters is 1. The van der Waals surface area contributed by atoms with E-state index in [4.69, 9.17) is 21.1 Å². The molecule has 1 fully saturated rings. The summed E-state index contributed by atoms with van der Waals surface area (Å²) in [6.07, 6.45) is 4.11. The topological polar surface area (TPSA) is 85.7 Å². The average molecular weight is 435 g/mol. The van der Waals surface area contributed by atoms with Gasteiger partial charge in [-0.25, -0.2) is 0 Å². The van der Waals surface area contributed by atoms with Crippen molar-refractivity contribution in [3.8, 4) is 11.4 Å². The lowest BCUT2D eigenvalue weighted by molar-refractivity contribution is -0.141. The maximum Gasteiger partial charge on any atom is 0.302 e. The summed E-state index contributed by atoms with van der Waals surface area (Å²) < 4.78 is 12.1. The molecule has 2 heterocycles. The monoisotopic (exact) mass is 434 g/mol. The number of carbonyl (C=O) groups excluding carboxylic acids is 1. The van der Waals surface area contributed by atoms with Gasteiger partial charge in [0.1, 0.15) is 16.5 Å². The Balaban J connectivity index is 1.67. The zero-order valence-corrected chi connectivity index (χ0v) is 17.9. The van der Waals surface area contributed by atoms with Gasteiger partial charge in [-0.05, 0) is 31.4 Å². The number of anilines is 1. The van der Waals surface area contributed by atoms with Gasteiger partial charge in [-0.3, -0.25) is 9.59 Å². The first kappa shape index (κ1) is 22.1. The largest absolute Gasteiger partial charge is 0.491 e. The number of hydrogen-bond acceptors (Lipinski definition) is 7. The first-order chi connectivity index (χ1) is 14.6. The van der Waals surface area contributed by atoms with E-state index in [9.17, 15) is 9.59 Å². The molecule has 0 bridgehead atoms. The van der Waals surface area contributed by atoms with Crippen LogP contribution in [-0.4, -0.2) is 55.1 Å². The SMILES string of the molecule is CC(=O)OCCCCCOc1ccccc1-n1ncc(N2CCNCC2)c(Cl)c1=O. The average Bonchev–Trinajstić information content (AvgIpc) is 2.76. The molecule has 8 nitrogen and oxygen atoms in total. The zero-order valence-electron chi connectivity index (χ0n) is 17.1. The molecule has 0 atom stereocenters. The van der Waals surface area contributed by atoms with Crippen LogP contribution in [0.3, 0.4) is 0 Å². The van der Waals surface area contributed by atoms with Crippen molar-refractivity contribution in [3.63, 3.8) is 0 Å². The van der Waals surface area contributed by atoms with Crippen LogP contribution in [0.1, 0.15) is 26.2 Å². The number of piperazine rings is 1. The number of para-hydroxylation sites is 2. The van der Waals surface area contributed by atoms with Crippen molar-refractivity contribution >= 4 is 23.3 Å². The molecule has 1 aromatic carbocycles. The van der Waals surface area contributed by atoms with Crippen LogP contribution in [0.15, 0.2) is 35.3 Å². The van der Waals surface area contributed by atoms with Crippen LogP contribution in [-0.2, 0) is 9.53 Å². The Morgan fingerprint density at radius 3 is 2.63 bits per heavy atom. The highest BCUT2D eigenvalue weighted by molar-refractivity contribution is 6.33. The van der Waals surface area contributed by atoms with Crippen LogP contribution in [0.5, 0.6) is 5.75 Å². The summed E-state index contributed by atoms with van der Waals surface area (Å²) in [6.45, 7) is 5.55. The van der Waals surface area contributed by atoms with Crippen molar-refractivity contribution < 1.29 is 14.3 Å². The standard InChI is InChI=1S/C21H27ClN4O4/c1-16(27)29-13-5-2-6-14-30-19-8-4-3-7-17(19)26-21(28)20(22)18(15-24-26)25-11-9-23-10-12-25/h3-4,7-8,15,23H,2,5-6,9-14H2,1H3. The first-order valence-electron chi connectivity index (χ1n) is 10.2. The quantitative estimate of drug-likeness (QED) is 0.479. The molecule has 0 spiro atoms. The van der Waals surface area contributed by atoms with Crippen molar-refractivity contribution in [3.05, 3.63) is 45.8 Å². The number of aromatic nitrogens is 2. The molecule has 0 amide bonds. The maximum absolute atomic E-state index is 12.9. The summed E-state index contributed by atoms with van der Waals surface area (Å²) in [5, 5.41) is 7.80. The Kier molecular flexibility index (Phi) is 8.10. The van der Waals surface area contributed by atoms with E-state index in [0.29, 0.717) is 30.3 Å². The number of rotatable bonds is 9. The second-order valence-electron chi connectivity index (χ2n) is 7.01. The van der Waals surface area contributed by atoms with Gasteiger partial charge in [-0.2, -0.15) is 9.78 Å². The highest BCUT2D eigenvalue weighted by atomic mass is 35.5. The molecule has 1 aliphatic rings. The van der Waals surface area contributed by atoms with E-state index in [1.807, 2.05) is 12.1 Å². The van der Waals surface area contributed by atoms with E-state index in [1.165, 1.54) is 11.6 Å². The maximum atomic E-state index is 12.9. The summed E-state index contributed by atoms with van der Waals surface area (Å²) in [7, 11) is 0. The van der Waals surface area contributed by atoms with Crippen LogP contribution in [0.4, 0.5) is 5.69 Å². The van der Waals surface area contributed by atoms with E-state index in [1.54, 1.807) is 18.3 Å². The van der Waals surface area contributed by atoms with E-state index >= 15 is 0 Å². The first-order valence-corrected chi connectivity index (χ1v) is 10.5. The fourth-order valence-electron chi connectivity index (χ4n) is 3.25. The minimum atomic E-state index is -0.370. The number of nitrogens with one attached hydrogen (secondary N) is 1. The van der Waals surface area contributed by atoms with Gasteiger partial charge in [0.15, 0.2) is 0 Å². The summed E-state index contributed by atoms with van der Waals surface area (Å²) >= 11 is 6.42. The molecule has 0 aliphatic carbocycles. The molecule has 162 valence electrons. The number of ether oxygens (including phenoxy) is 2. The van der Waals surface area contributed by atoms with Gasteiger partial charge in [0, 0.05) is 33.1 Å². The van der Waals surface area contributed by atoms with Gasteiger partial charge in [-0.15, -0.1) is 0 Å². The predicted molar refractivity (Wildman–Crippen MR) is 116 cm³/mol. The lowest BCUT2D eigenvalue weighted by Crippen LogP contribution is -2.44. The molecule has 1 aromatic heterocycles. The van der Waals surface area contributed by atoms with Crippen LogP contribution >= 0.6 is 11.6 Å². The Morgan fingerprint density at radius 2 is 1.87 bits per heavy atom. The summed E-state index contributed by atoms with van der Waals surface area (Å²) in [5.74, 6) is 0.304. The highest BCUT2D eigenvalue weighted by Crippen LogP contribution is 2.25. The molecule has 0 unspecified atom stereocenters. The molecule has 2 aromatic rings. The fraction of sp³-hybridized carbons (Fsp3) is 0.476. The molecule has 9 heteroatoms. The smallest absolute Gasteiger partial charge is 0.302 e. The molecular weight excluding hydrogens is 408 g/mol. The number of benzene rings is 1. The zero-order chi connectivity index (χ0) is 21.3. The van der Waals surface area contributed by atoms with Gasteiger partial charge in [0.05, 0.1) is 25.1 Å². The third kappa shape index (κ3) is 5.73. The number of halogens is 1. The predicted octanol–water partition coefficient (Wildman–Crippen LogP) is 2.41. The van der Waals surface area contributed by atoms with Crippen molar-refractivity contribution in [2.75, 3.05) is 44.3 Å². The van der Waals surface area contributed by atoms with Gasteiger partial charge in [-0.1, -0.05) is 23.7 Å². The van der Waals surface area contributed by atoms with Crippen molar-refractivity contribution in [1.29, 1.82) is 0 Å². The second kappa shape index (κ2) is 11.0. The third-order valence-electron chi connectivity index (χ3n) is 4.80. The Hall–Kier alpha value is -2.58. The Bertz CT molecular complexity index is 912. The summed E-state index contributed by atoms with van der Waals surface area (Å²) in [4.78, 5) is 25.7. The van der Waals surface area contributed by atoms with E-state index in [2.05, 4.69) is 15.3 Å². The van der Waals surface area contributed by atoms with Gasteiger partial charge >= 0.3 is 5.97 Å². The van der Waals surface area contributed by atoms with Crippen LogP contribution < -0.4 is 20.5 Å². The Labute approximate surface area is 180 Å². The van der Waals surface area contributed by atoms with Crippen LogP contribution in [0.25, 0.3) is 5.69 Å². The van der Waals surface area contributed by atoms with Gasteiger partial charge < -0.3 is 19.7 Å². The van der Waals surface area contributed by atoms with E-state index < -0.39 is 0 Å². The van der Waals surface area contributed by atoms with Gasteiger partial charge in [0.2, 0.25) is 0 Å². The third-order valence-corrected chi connectivity index (χ3v) is 5.16. The summed E-state index contributed by atoms with van der Waals surface area (Å²) in [5.41, 5.74) is 0.840. The molecule has 0 radical (unpaired) electrons. The number of nitrogens with zero attached hydrogens (tertiary/aromatic N) is 3.